The monoisotopic (exact) mass is 317 g/mol. The lowest BCUT2D eigenvalue weighted by Crippen LogP contribution is -1.94. The molecule has 0 atom stereocenters. The standard InChI is InChI=1S/C12H9ClFNO2S2/c1-6-10(11(16)17)19-12(15-6)18-5-7-2-3-8(14)4-9(7)13/h2-4H,5H2,1H3,(H,16,17). The molecule has 2 aromatic rings. The third-order valence-corrected chi connectivity index (χ3v) is 5.03. The van der Waals surface area contributed by atoms with Crippen molar-refractivity contribution in [1.82, 2.24) is 4.98 Å². The van der Waals surface area contributed by atoms with Gasteiger partial charge in [-0.1, -0.05) is 29.4 Å². The molecule has 19 heavy (non-hydrogen) atoms. The van der Waals surface area contributed by atoms with Crippen molar-refractivity contribution < 1.29 is 14.3 Å². The second-order valence-electron chi connectivity index (χ2n) is 3.72. The molecule has 1 aromatic heterocycles. The topological polar surface area (TPSA) is 50.2 Å². The van der Waals surface area contributed by atoms with E-state index in [9.17, 15) is 9.18 Å². The van der Waals surface area contributed by atoms with Crippen LogP contribution in [0.3, 0.4) is 0 Å². The second kappa shape index (κ2) is 5.90. The Morgan fingerprint density at radius 3 is 2.89 bits per heavy atom. The number of rotatable bonds is 4. The molecule has 2 rings (SSSR count). The number of aromatic nitrogens is 1. The van der Waals surface area contributed by atoms with E-state index in [1.807, 2.05) is 0 Å². The first kappa shape index (κ1) is 14.3. The minimum absolute atomic E-state index is 0.243. The molecule has 1 aromatic carbocycles. The van der Waals surface area contributed by atoms with Crippen molar-refractivity contribution >= 4 is 40.7 Å². The zero-order chi connectivity index (χ0) is 14.0. The van der Waals surface area contributed by atoms with E-state index in [0.717, 1.165) is 16.9 Å². The molecule has 1 N–H and O–H groups in total. The molecule has 0 saturated carbocycles. The van der Waals surface area contributed by atoms with Crippen LogP contribution in [0.2, 0.25) is 5.02 Å². The average Bonchev–Trinajstić information content (AvgIpc) is 2.69. The van der Waals surface area contributed by atoms with Crippen LogP contribution in [0.4, 0.5) is 4.39 Å². The molecule has 0 aliphatic carbocycles. The number of hydrogen-bond acceptors (Lipinski definition) is 4. The number of nitrogens with zero attached hydrogens (tertiary/aromatic N) is 1. The highest BCUT2D eigenvalue weighted by Gasteiger charge is 2.14. The van der Waals surface area contributed by atoms with Gasteiger partial charge < -0.3 is 5.11 Å². The van der Waals surface area contributed by atoms with Crippen LogP contribution in [0, 0.1) is 12.7 Å². The first-order chi connectivity index (χ1) is 8.97. The molecule has 0 unspecified atom stereocenters. The van der Waals surface area contributed by atoms with E-state index in [2.05, 4.69) is 4.98 Å². The van der Waals surface area contributed by atoms with Gasteiger partial charge in [0.15, 0.2) is 4.34 Å². The van der Waals surface area contributed by atoms with E-state index < -0.39 is 5.97 Å². The number of carbonyl (C=O) groups is 1. The fourth-order valence-electron chi connectivity index (χ4n) is 1.41. The molecule has 0 aliphatic rings. The van der Waals surface area contributed by atoms with Crippen LogP contribution in [0.5, 0.6) is 0 Å². The highest BCUT2D eigenvalue weighted by atomic mass is 35.5. The Balaban J connectivity index is 2.10. The molecule has 0 radical (unpaired) electrons. The van der Waals surface area contributed by atoms with Gasteiger partial charge in [0.05, 0.1) is 5.69 Å². The Hall–Kier alpha value is -1.11. The summed E-state index contributed by atoms with van der Waals surface area (Å²) in [4.78, 5) is 15.3. The molecule has 100 valence electrons. The van der Waals surface area contributed by atoms with Gasteiger partial charge in [-0.25, -0.2) is 14.2 Å². The van der Waals surface area contributed by atoms with Crippen LogP contribution in [0.25, 0.3) is 0 Å². The highest BCUT2D eigenvalue weighted by molar-refractivity contribution is 8.00. The number of hydrogen-bond donors (Lipinski definition) is 1. The maximum absolute atomic E-state index is 12.9. The molecule has 0 aliphatic heterocycles. The maximum atomic E-state index is 12.9. The van der Waals surface area contributed by atoms with Gasteiger partial charge in [-0.05, 0) is 24.6 Å². The van der Waals surface area contributed by atoms with Gasteiger partial charge in [0, 0.05) is 10.8 Å². The maximum Gasteiger partial charge on any atom is 0.347 e. The first-order valence-electron chi connectivity index (χ1n) is 5.25. The number of benzene rings is 1. The van der Waals surface area contributed by atoms with Crippen LogP contribution >= 0.6 is 34.7 Å². The Kier molecular flexibility index (Phi) is 4.44. The minimum atomic E-state index is -0.971. The van der Waals surface area contributed by atoms with E-state index in [1.165, 1.54) is 23.9 Å². The van der Waals surface area contributed by atoms with Crippen molar-refractivity contribution in [3.8, 4) is 0 Å². The van der Waals surface area contributed by atoms with E-state index in [0.29, 0.717) is 20.8 Å². The molecule has 0 saturated heterocycles. The van der Waals surface area contributed by atoms with Gasteiger partial charge in [0.1, 0.15) is 10.7 Å². The quantitative estimate of drug-likeness (QED) is 0.857. The van der Waals surface area contributed by atoms with Gasteiger partial charge in [0.25, 0.3) is 0 Å². The Morgan fingerprint density at radius 1 is 1.58 bits per heavy atom. The number of halogens is 2. The van der Waals surface area contributed by atoms with Crippen molar-refractivity contribution in [3.05, 3.63) is 45.2 Å². The predicted molar refractivity (Wildman–Crippen MR) is 74.8 cm³/mol. The second-order valence-corrected chi connectivity index (χ2v) is 6.35. The largest absolute Gasteiger partial charge is 0.477 e. The van der Waals surface area contributed by atoms with Crippen LogP contribution in [-0.4, -0.2) is 16.1 Å². The lowest BCUT2D eigenvalue weighted by molar-refractivity contribution is 0.0701. The van der Waals surface area contributed by atoms with Gasteiger partial charge in [-0.2, -0.15) is 0 Å². The molecular weight excluding hydrogens is 309 g/mol. The smallest absolute Gasteiger partial charge is 0.347 e. The summed E-state index contributed by atoms with van der Waals surface area (Å²) in [5.41, 5.74) is 1.29. The molecule has 0 amide bonds. The van der Waals surface area contributed by atoms with Gasteiger partial charge >= 0.3 is 5.97 Å². The lowest BCUT2D eigenvalue weighted by Gasteiger charge is -2.02. The Labute approximate surface area is 122 Å². The van der Waals surface area contributed by atoms with E-state index in [4.69, 9.17) is 16.7 Å². The summed E-state index contributed by atoms with van der Waals surface area (Å²) >= 11 is 8.43. The summed E-state index contributed by atoms with van der Waals surface area (Å²) in [6, 6.07) is 4.22. The van der Waals surface area contributed by atoms with Gasteiger partial charge in [-0.15, -0.1) is 11.3 Å². The summed E-state index contributed by atoms with van der Waals surface area (Å²) in [7, 11) is 0. The van der Waals surface area contributed by atoms with Gasteiger partial charge in [-0.3, -0.25) is 0 Å². The number of carboxylic acid groups (broad SMARTS) is 1. The normalized spacial score (nSPS) is 10.7. The summed E-state index contributed by atoms with van der Waals surface area (Å²) in [5, 5.41) is 9.30. The zero-order valence-corrected chi connectivity index (χ0v) is 12.2. The van der Waals surface area contributed by atoms with Crippen molar-refractivity contribution in [2.45, 2.75) is 17.0 Å². The van der Waals surface area contributed by atoms with Crippen LogP contribution in [0.1, 0.15) is 20.9 Å². The summed E-state index contributed by atoms with van der Waals surface area (Å²) in [6.45, 7) is 1.66. The Bertz CT molecular complexity index is 630. The zero-order valence-electron chi connectivity index (χ0n) is 9.81. The van der Waals surface area contributed by atoms with Crippen molar-refractivity contribution in [2.24, 2.45) is 0 Å². The molecule has 0 fully saturated rings. The molecule has 1 heterocycles. The van der Waals surface area contributed by atoms with Crippen molar-refractivity contribution in [1.29, 1.82) is 0 Å². The average molecular weight is 318 g/mol. The summed E-state index contributed by atoms with van der Waals surface area (Å²) in [5.74, 6) is -0.829. The molecular formula is C12H9ClFNO2S2. The Morgan fingerprint density at radius 2 is 2.32 bits per heavy atom. The number of aryl methyl sites for hydroxylation is 1. The fraction of sp³-hybridized carbons (Fsp3) is 0.167. The summed E-state index contributed by atoms with van der Waals surface area (Å²) < 4.78 is 13.6. The lowest BCUT2D eigenvalue weighted by atomic mass is 10.2. The van der Waals surface area contributed by atoms with Crippen LogP contribution in [0.15, 0.2) is 22.5 Å². The SMILES string of the molecule is Cc1nc(SCc2ccc(F)cc2Cl)sc1C(=O)O. The third kappa shape index (κ3) is 3.46. The predicted octanol–water partition coefficient (Wildman–Crippen LogP) is 4.23. The van der Waals surface area contributed by atoms with E-state index in [-0.39, 0.29) is 10.7 Å². The third-order valence-electron chi connectivity index (χ3n) is 2.34. The first-order valence-corrected chi connectivity index (χ1v) is 7.43. The summed E-state index contributed by atoms with van der Waals surface area (Å²) in [6.07, 6.45) is 0. The molecule has 0 spiro atoms. The minimum Gasteiger partial charge on any atom is -0.477 e. The molecule has 7 heteroatoms. The van der Waals surface area contributed by atoms with Crippen molar-refractivity contribution in [2.75, 3.05) is 0 Å². The number of thioether (sulfide) groups is 1. The van der Waals surface area contributed by atoms with E-state index in [1.54, 1.807) is 13.0 Å². The van der Waals surface area contributed by atoms with Crippen molar-refractivity contribution in [3.63, 3.8) is 0 Å². The number of aromatic carboxylic acids is 1. The van der Waals surface area contributed by atoms with Crippen LogP contribution < -0.4 is 0 Å². The number of carboxylic acids is 1. The van der Waals surface area contributed by atoms with E-state index >= 15 is 0 Å². The van der Waals surface area contributed by atoms with Gasteiger partial charge in [0.2, 0.25) is 0 Å². The fourth-order valence-corrected chi connectivity index (χ4v) is 3.76. The highest BCUT2D eigenvalue weighted by Crippen LogP contribution is 2.31. The number of thiazole rings is 1. The molecule has 0 bridgehead atoms. The van der Waals surface area contributed by atoms with Crippen LogP contribution in [-0.2, 0) is 5.75 Å². The molecule has 3 nitrogen and oxygen atoms in total.